The van der Waals surface area contributed by atoms with E-state index in [1.54, 1.807) is 12.4 Å². The molecule has 6 heteroatoms. The first-order chi connectivity index (χ1) is 15.2. The van der Waals surface area contributed by atoms with Crippen molar-refractivity contribution in [3.63, 3.8) is 0 Å². The molecule has 2 aromatic heterocycles. The Morgan fingerprint density at radius 3 is 2.19 bits per heavy atom. The van der Waals surface area contributed by atoms with Crippen molar-refractivity contribution in [2.45, 2.75) is 33.5 Å². The number of nitrogens with zero attached hydrogens (tertiary/aromatic N) is 3. The van der Waals surface area contributed by atoms with Crippen molar-refractivity contribution in [3.8, 4) is 17.0 Å². The van der Waals surface area contributed by atoms with Crippen molar-refractivity contribution in [1.29, 1.82) is 0 Å². The average Bonchev–Trinajstić information content (AvgIpc) is 3.49. The molecule has 31 heavy (non-hydrogen) atoms. The normalized spacial score (nSPS) is 11.2. The van der Waals surface area contributed by atoms with Crippen LogP contribution in [0.25, 0.3) is 17.0 Å². The monoisotopic (exact) mass is 417 g/mol. The SMILES string of the molecule is CCOCc1cc(COCC)cc(Cc2ncc(-c3ccc(-n4cccn4)cc3)o2)c1. The van der Waals surface area contributed by atoms with E-state index >= 15 is 0 Å². The molecule has 0 saturated carbocycles. The molecule has 0 aliphatic rings. The van der Waals surface area contributed by atoms with Gasteiger partial charge in [0.05, 0.1) is 25.1 Å². The van der Waals surface area contributed by atoms with Gasteiger partial charge in [-0.15, -0.1) is 0 Å². The topological polar surface area (TPSA) is 62.3 Å². The molecule has 160 valence electrons. The highest BCUT2D eigenvalue weighted by Crippen LogP contribution is 2.24. The number of benzene rings is 2. The van der Waals surface area contributed by atoms with Gasteiger partial charge < -0.3 is 13.9 Å². The van der Waals surface area contributed by atoms with Crippen LogP contribution in [0.5, 0.6) is 0 Å². The molecule has 0 amide bonds. The lowest BCUT2D eigenvalue weighted by Crippen LogP contribution is -1.99. The predicted molar refractivity (Wildman–Crippen MR) is 119 cm³/mol. The highest BCUT2D eigenvalue weighted by Gasteiger charge is 2.10. The van der Waals surface area contributed by atoms with Gasteiger partial charge in [0.15, 0.2) is 11.7 Å². The van der Waals surface area contributed by atoms with Crippen LogP contribution in [-0.4, -0.2) is 28.0 Å². The van der Waals surface area contributed by atoms with Crippen LogP contribution in [0.1, 0.15) is 36.4 Å². The zero-order valence-corrected chi connectivity index (χ0v) is 18.0. The number of hydrogen-bond donors (Lipinski definition) is 0. The summed E-state index contributed by atoms with van der Waals surface area (Å²) in [6.07, 6.45) is 6.08. The van der Waals surface area contributed by atoms with Gasteiger partial charge in [-0.2, -0.15) is 5.10 Å². The van der Waals surface area contributed by atoms with Crippen molar-refractivity contribution in [2.75, 3.05) is 13.2 Å². The zero-order valence-electron chi connectivity index (χ0n) is 18.0. The Morgan fingerprint density at radius 1 is 0.903 bits per heavy atom. The fraction of sp³-hybridized carbons (Fsp3) is 0.280. The predicted octanol–water partition coefficient (Wildman–Crippen LogP) is 5.19. The van der Waals surface area contributed by atoms with Crippen LogP contribution in [0.2, 0.25) is 0 Å². The second-order valence-electron chi connectivity index (χ2n) is 7.22. The molecule has 0 N–H and O–H groups in total. The molecule has 0 fully saturated rings. The Morgan fingerprint density at radius 2 is 1.58 bits per heavy atom. The summed E-state index contributed by atoms with van der Waals surface area (Å²) in [5.41, 5.74) is 5.39. The highest BCUT2D eigenvalue weighted by atomic mass is 16.5. The maximum atomic E-state index is 6.05. The molecule has 0 atom stereocenters. The van der Waals surface area contributed by atoms with Crippen molar-refractivity contribution in [1.82, 2.24) is 14.8 Å². The largest absolute Gasteiger partial charge is 0.440 e. The Bertz CT molecular complexity index is 1060. The van der Waals surface area contributed by atoms with Crippen LogP contribution in [0, 0.1) is 0 Å². The van der Waals surface area contributed by atoms with Gasteiger partial charge in [-0.05, 0) is 60.9 Å². The van der Waals surface area contributed by atoms with Crippen molar-refractivity contribution in [3.05, 3.63) is 89.7 Å². The molecule has 2 aromatic carbocycles. The summed E-state index contributed by atoms with van der Waals surface area (Å²) in [7, 11) is 0. The van der Waals surface area contributed by atoms with E-state index < -0.39 is 0 Å². The molecule has 0 radical (unpaired) electrons. The third-order valence-corrected chi connectivity index (χ3v) is 4.89. The lowest BCUT2D eigenvalue weighted by molar-refractivity contribution is 0.130. The summed E-state index contributed by atoms with van der Waals surface area (Å²) >= 11 is 0. The Labute approximate surface area is 182 Å². The van der Waals surface area contributed by atoms with Gasteiger partial charge in [0.2, 0.25) is 0 Å². The van der Waals surface area contributed by atoms with Crippen LogP contribution < -0.4 is 0 Å². The molecular weight excluding hydrogens is 390 g/mol. The summed E-state index contributed by atoms with van der Waals surface area (Å²) in [6, 6.07) is 16.4. The number of oxazole rings is 1. The first-order valence-electron chi connectivity index (χ1n) is 10.6. The Kier molecular flexibility index (Phi) is 6.92. The van der Waals surface area contributed by atoms with Gasteiger partial charge in [0.25, 0.3) is 0 Å². The highest BCUT2D eigenvalue weighted by molar-refractivity contribution is 5.58. The standard InChI is InChI=1S/C25H27N3O3/c1-3-29-17-20-12-19(13-21(14-20)18-30-4-2)15-25-26-16-24(31-25)22-6-8-23(9-7-22)28-11-5-10-27-28/h5-14,16H,3-4,15,17-18H2,1-2H3. The molecule has 0 aliphatic carbocycles. The van der Waals surface area contributed by atoms with Crippen LogP contribution in [0.3, 0.4) is 0 Å². The maximum absolute atomic E-state index is 6.05. The van der Waals surface area contributed by atoms with Crippen molar-refractivity contribution in [2.24, 2.45) is 0 Å². The lowest BCUT2D eigenvalue weighted by atomic mass is 10.0. The van der Waals surface area contributed by atoms with Gasteiger partial charge in [0, 0.05) is 37.6 Å². The second-order valence-corrected chi connectivity index (χ2v) is 7.22. The third kappa shape index (κ3) is 5.48. The number of ether oxygens (including phenoxy) is 2. The summed E-state index contributed by atoms with van der Waals surface area (Å²) in [5, 5.41) is 4.25. The molecule has 2 heterocycles. The first-order valence-corrected chi connectivity index (χ1v) is 10.6. The van der Waals surface area contributed by atoms with Crippen molar-refractivity contribution < 1.29 is 13.9 Å². The fourth-order valence-electron chi connectivity index (χ4n) is 3.45. The van der Waals surface area contributed by atoms with Gasteiger partial charge in [-0.3, -0.25) is 0 Å². The van der Waals surface area contributed by atoms with Gasteiger partial charge in [-0.1, -0.05) is 18.2 Å². The van der Waals surface area contributed by atoms with E-state index in [0.29, 0.717) is 38.7 Å². The minimum Gasteiger partial charge on any atom is -0.440 e. The van der Waals surface area contributed by atoms with E-state index in [1.165, 1.54) is 0 Å². The van der Waals surface area contributed by atoms with Gasteiger partial charge in [0.1, 0.15) is 0 Å². The smallest absolute Gasteiger partial charge is 0.199 e. The van der Waals surface area contributed by atoms with E-state index in [-0.39, 0.29) is 0 Å². The van der Waals surface area contributed by atoms with Crippen molar-refractivity contribution >= 4 is 0 Å². The van der Waals surface area contributed by atoms with Crippen LogP contribution >= 0.6 is 0 Å². The maximum Gasteiger partial charge on any atom is 0.199 e. The minimum atomic E-state index is 0.586. The number of hydrogen-bond acceptors (Lipinski definition) is 5. The Balaban J connectivity index is 1.50. The second kappa shape index (κ2) is 10.2. The van der Waals surface area contributed by atoms with E-state index in [9.17, 15) is 0 Å². The molecule has 4 aromatic rings. The quantitative estimate of drug-likeness (QED) is 0.355. The number of rotatable bonds is 10. The zero-order chi connectivity index (χ0) is 21.5. The van der Waals surface area contributed by atoms with Crippen LogP contribution in [0.4, 0.5) is 0 Å². The summed E-state index contributed by atoms with van der Waals surface area (Å²) < 4.78 is 19.1. The fourth-order valence-corrected chi connectivity index (χ4v) is 3.45. The first kappa shape index (κ1) is 21.0. The van der Waals surface area contributed by atoms with Gasteiger partial charge in [-0.25, -0.2) is 9.67 Å². The average molecular weight is 418 g/mol. The Hall–Kier alpha value is -3.22. The van der Waals surface area contributed by atoms with E-state index in [1.807, 2.05) is 55.1 Å². The molecule has 0 unspecified atom stereocenters. The van der Waals surface area contributed by atoms with Crippen LogP contribution in [0.15, 0.2) is 71.5 Å². The van der Waals surface area contributed by atoms with Crippen LogP contribution in [-0.2, 0) is 29.1 Å². The molecule has 0 saturated heterocycles. The van der Waals surface area contributed by atoms with E-state index in [4.69, 9.17) is 13.9 Å². The molecule has 0 spiro atoms. The lowest BCUT2D eigenvalue weighted by Gasteiger charge is -2.09. The number of aromatic nitrogens is 3. The van der Waals surface area contributed by atoms with E-state index in [2.05, 4.69) is 28.3 Å². The van der Waals surface area contributed by atoms with E-state index in [0.717, 1.165) is 33.7 Å². The summed E-state index contributed by atoms with van der Waals surface area (Å²) in [5.74, 6) is 1.43. The minimum absolute atomic E-state index is 0.586. The summed E-state index contributed by atoms with van der Waals surface area (Å²) in [6.45, 7) is 6.55. The molecule has 0 bridgehead atoms. The third-order valence-electron chi connectivity index (χ3n) is 4.89. The molecular formula is C25H27N3O3. The van der Waals surface area contributed by atoms with Gasteiger partial charge >= 0.3 is 0 Å². The molecule has 6 nitrogen and oxygen atoms in total. The molecule has 0 aliphatic heterocycles. The summed E-state index contributed by atoms with van der Waals surface area (Å²) in [4.78, 5) is 4.50. The molecule has 4 rings (SSSR count).